The van der Waals surface area contributed by atoms with Crippen molar-refractivity contribution in [2.24, 2.45) is 7.05 Å². The number of rotatable bonds is 4. The number of benzene rings is 1. The summed E-state index contributed by atoms with van der Waals surface area (Å²) in [6.45, 7) is 0. The van der Waals surface area contributed by atoms with Crippen LogP contribution >= 0.6 is 15.9 Å². The van der Waals surface area contributed by atoms with Gasteiger partial charge in [0.15, 0.2) is 5.82 Å². The zero-order valence-electron chi connectivity index (χ0n) is 9.62. The first-order valence-electron chi connectivity index (χ1n) is 5.27. The molecular weight excluding hydrogens is 300 g/mol. The summed E-state index contributed by atoms with van der Waals surface area (Å²) in [5.41, 5.74) is 0.712. The quantitative estimate of drug-likeness (QED) is 0.922. The first-order valence-corrected chi connectivity index (χ1v) is 6.06. The maximum atomic E-state index is 11.3. The van der Waals surface area contributed by atoms with Crippen molar-refractivity contribution in [1.29, 1.82) is 0 Å². The number of carboxylic acids is 1. The fraction of sp³-hybridized carbons (Fsp3) is 0.273. The molecule has 1 N–H and O–H groups in total. The summed E-state index contributed by atoms with van der Waals surface area (Å²) in [4.78, 5) is 12.6. The van der Waals surface area contributed by atoms with E-state index in [-0.39, 0.29) is 6.42 Å². The smallest absolute Gasteiger partial charge is 0.311 e. The molecule has 94 valence electrons. The van der Waals surface area contributed by atoms with Crippen LogP contribution in [0.25, 0.3) is 0 Å². The van der Waals surface area contributed by atoms with Crippen molar-refractivity contribution in [3.05, 3.63) is 40.1 Å². The second kappa shape index (κ2) is 5.26. The van der Waals surface area contributed by atoms with E-state index in [4.69, 9.17) is 0 Å². The van der Waals surface area contributed by atoms with Gasteiger partial charge in [0.05, 0.1) is 13.0 Å². The van der Waals surface area contributed by atoms with Crippen LogP contribution in [0.4, 0.5) is 0 Å². The molecule has 2 rings (SSSR count). The standard InChI is InChI=1S/C11H11BrN4O2/c1-16-14-10(13-15-16)6-9(11(17)18)7-3-2-4-8(12)5-7/h2-5,9H,6H2,1H3,(H,17,18). The number of hydrogen-bond donors (Lipinski definition) is 1. The number of nitrogens with zero attached hydrogens (tertiary/aromatic N) is 4. The Hall–Kier alpha value is -1.76. The van der Waals surface area contributed by atoms with E-state index in [2.05, 4.69) is 31.3 Å². The van der Waals surface area contributed by atoms with Gasteiger partial charge in [0, 0.05) is 10.9 Å². The molecular formula is C11H11BrN4O2. The summed E-state index contributed by atoms with van der Waals surface area (Å²) in [6, 6.07) is 7.22. The molecule has 0 amide bonds. The van der Waals surface area contributed by atoms with Gasteiger partial charge in [0.25, 0.3) is 0 Å². The molecule has 1 atom stereocenters. The first-order chi connectivity index (χ1) is 8.56. The molecule has 0 saturated carbocycles. The monoisotopic (exact) mass is 310 g/mol. The maximum absolute atomic E-state index is 11.3. The van der Waals surface area contributed by atoms with Crippen molar-refractivity contribution in [3.8, 4) is 0 Å². The number of aliphatic carboxylic acids is 1. The molecule has 0 saturated heterocycles. The minimum Gasteiger partial charge on any atom is -0.481 e. The van der Waals surface area contributed by atoms with Crippen LogP contribution in [0.5, 0.6) is 0 Å². The van der Waals surface area contributed by atoms with Crippen LogP contribution in [-0.4, -0.2) is 31.3 Å². The Kier molecular flexibility index (Phi) is 3.71. The lowest BCUT2D eigenvalue weighted by Gasteiger charge is -2.10. The highest BCUT2D eigenvalue weighted by molar-refractivity contribution is 9.10. The van der Waals surface area contributed by atoms with Crippen LogP contribution in [0.15, 0.2) is 28.7 Å². The van der Waals surface area contributed by atoms with E-state index in [9.17, 15) is 9.90 Å². The molecule has 1 unspecified atom stereocenters. The summed E-state index contributed by atoms with van der Waals surface area (Å²) < 4.78 is 0.846. The van der Waals surface area contributed by atoms with Crippen LogP contribution in [0.3, 0.4) is 0 Å². The third-order valence-corrected chi connectivity index (χ3v) is 2.98. The van der Waals surface area contributed by atoms with E-state index in [0.29, 0.717) is 11.4 Å². The van der Waals surface area contributed by atoms with Crippen molar-refractivity contribution in [2.45, 2.75) is 12.3 Å². The van der Waals surface area contributed by atoms with Crippen molar-refractivity contribution in [1.82, 2.24) is 20.2 Å². The number of hydrogen-bond acceptors (Lipinski definition) is 4. The third kappa shape index (κ3) is 2.92. The lowest BCUT2D eigenvalue weighted by atomic mass is 9.96. The maximum Gasteiger partial charge on any atom is 0.311 e. The van der Waals surface area contributed by atoms with Crippen LogP contribution in [0.1, 0.15) is 17.3 Å². The Bertz CT molecular complexity index is 570. The Morgan fingerprint density at radius 1 is 1.56 bits per heavy atom. The van der Waals surface area contributed by atoms with Gasteiger partial charge in [-0.3, -0.25) is 4.79 Å². The largest absolute Gasteiger partial charge is 0.481 e. The lowest BCUT2D eigenvalue weighted by molar-refractivity contribution is -0.138. The zero-order chi connectivity index (χ0) is 13.1. The number of carbonyl (C=O) groups is 1. The van der Waals surface area contributed by atoms with Crippen LogP contribution in [0, 0.1) is 0 Å². The fourth-order valence-electron chi connectivity index (χ4n) is 1.66. The van der Waals surface area contributed by atoms with Gasteiger partial charge in [-0.1, -0.05) is 28.1 Å². The fourth-order valence-corrected chi connectivity index (χ4v) is 2.08. The van der Waals surface area contributed by atoms with Gasteiger partial charge in [-0.25, -0.2) is 0 Å². The molecule has 1 aromatic carbocycles. The molecule has 6 nitrogen and oxygen atoms in total. The predicted molar refractivity (Wildman–Crippen MR) is 67.0 cm³/mol. The van der Waals surface area contributed by atoms with Crippen LogP contribution in [0.2, 0.25) is 0 Å². The Balaban J connectivity index is 2.26. The molecule has 1 aromatic heterocycles. The minimum atomic E-state index is -0.902. The number of aryl methyl sites for hydroxylation is 1. The molecule has 2 aromatic rings. The summed E-state index contributed by atoms with van der Waals surface area (Å²) >= 11 is 3.33. The van der Waals surface area contributed by atoms with E-state index >= 15 is 0 Å². The normalized spacial score (nSPS) is 12.3. The molecule has 0 aliphatic carbocycles. The minimum absolute atomic E-state index is 0.222. The zero-order valence-corrected chi connectivity index (χ0v) is 11.2. The average molecular weight is 311 g/mol. The second-order valence-electron chi connectivity index (χ2n) is 3.85. The van der Waals surface area contributed by atoms with Gasteiger partial charge in [-0.05, 0) is 22.9 Å². The predicted octanol–water partition coefficient (Wildman–Crippen LogP) is 1.38. The van der Waals surface area contributed by atoms with Gasteiger partial charge >= 0.3 is 5.97 Å². The highest BCUT2D eigenvalue weighted by atomic mass is 79.9. The van der Waals surface area contributed by atoms with Gasteiger partial charge in [0.1, 0.15) is 0 Å². The Labute approximate surface area is 112 Å². The third-order valence-electron chi connectivity index (χ3n) is 2.49. The summed E-state index contributed by atoms with van der Waals surface area (Å²) in [5, 5.41) is 20.8. The molecule has 0 aliphatic rings. The topological polar surface area (TPSA) is 80.9 Å². The molecule has 0 fully saturated rings. The number of aromatic nitrogens is 4. The second-order valence-corrected chi connectivity index (χ2v) is 4.76. The summed E-state index contributed by atoms with van der Waals surface area (Å²) in [7, 11) is 1.64. The highest BCUT2D eigenvalue weighted by Crippen LogP contribution is 2.22. The molecule has 7 heteroatoms. The highest BCUT2D eigenvalue weighted by Gasteiger charge is 2.22. The van der Waals surface area contributed by atoms with E-state index < -0.39 is 11.9 Å². The lowest BCUT2D eigenvalue weighted by Crippen LogP contribution is -2.15. The SMILES string of the molecule is Cn1nnc(CC(C(=O)O)c2cccc(Br)c2)n1. The number of carboxylic acid groups (broad SMARTS) is 1. The summed E-state index contributed by atoms with van der Waals surface area (Å²) in [5.74, 6) is -1.16. The molecule has 0 spiro atoms. The van der Waals surface area contributed by atoms with Crippen LogP contribution in [-0.2, 0) is 18.3 Å². The van der Waals surface area contributed by atoms with Crippen molar-refractivity contribution >= 4 is 21.9 Å². The number of tetrazole rings is 1. The average Bonchev–Trinajstić information content (AvgIpc) is 2.71. The van der Waals surface area contributed by atoms with E-state index in [0.717, 1.165) is 4.47 Å². The first kappa shape index (κ1) is 12.7. The van der Waals surface area contributed by atoms with Crippen molar-refractivity contribution in [3.63, 3.8) is 0 Å². The van der Waals surface area contributed by atoms with Gasteiger partial charge in [-0.15, -0.1) is 10.2 Å². The van der Waals surface area contributed by atoms with Gasteiger partial charge < -0.3 is 5.11 Å². The summed E-state index contributed by atoms with van der Waals surface area (Å²) in [6.07, 6.45) is 0.222. The van der Waals surface area contributed by atoms with Crippen molar-refractivity contribution in [2.75, 3.05) is 0 Å². The Morgan fingerprint density at radius 2 is 2.33 bits per heavy atom. The van der Waals surface area contributed by atoms with E-state index in [1.807, 2.05) is 6.07 Å². The van der Waals surface area contributed by atoms with Gasteiger partial charge in [-0.2, -0.15) is 4.80 Å². The molecule has 0 radical (unpaired) electrons. The number of halogens is 1. The molecule has 18 heavy (non-hydrogen) atoms. The Morgan fingerprint density at radius 3 is 2.89 bits per heavy atom. The van der Waals surface area contributed by atoms with Gasteiger partial charge in [0.2, 0.25) is 0 Å². The van der Waals surface area contributed by atoms with E-state index in [1.165, 1.54) is 4.80 Å². The van der Waals surface area contributed by atoms with Crippen molar-refractivity contribution < 1.29 is 9.90 Å². The van der Waals surface area contributed by atoms with E-state index in [1.54, 1.807) is 25.2 Å². The molecule has 0 aliphatic heterocycles. The van der Waals surface area contributed by atoms with Crippen LogP contribution < -0.4 is 0 Å². The molecule has 0 bridgehead atoms. The molecule has 1 heterocycles.